The summed E-state index contributed by atoms with van der Waals surface area (Å²) in [4.78, 5) is 23.7. The summed E-state index contributed by atoms with van der Waals surface area (Å²) in [7, 11) is 0. The summed E-state index contributed by atoms with van der Waals surface area (Å²) in [5, 5.41) is 3.38. The number of hydrogen-bond acceptors (Lipinski definition) is 5. The Morgan fingerprint density at radius 2 is 2.14 bits per heavy atom. The molecular formula is C23H24N4O2. The summed E-state index contributed by atoms with van der Waals surface area (Å²) >= 11 is 0. The van der Waals surface area contributed by atoms with E-state index in [1.807, 2.05) is 66.6 Å². The molecule has 6 heteroatoms. The molecule has 3 heterocycles. The number of hydrogen-bond donors (Lipinski definition) is 1. The summed E-state index contributed by atoms with van der Waals surface area (Å²) in [5.74, 6) is 0.741. The van der Waals surface area contributed by atoms with E-state index in [2.05, 4.69) is 15.3 Å². The first kappa shape index (κ1) is 19.1. The quantitative estimate of drug-likeness (QED) is 0.727. The molecule has 1 unspecified atom stereocenters. The van der Waals surface area contributed by atoms with Crippen LogP contribution in [0.4, 0.5) is 0 Å². The molecular weight excluding hydrogens is 364 g/mol. The first-order valence-electron chi connectivity index (χ1n) is 9.77. The minimum atomic E-state index is -0.0245. The number of pyridine rings is 2. The smallest absolute Gasteiger partial charge is 0.254 e. The van der Waals surface area contributed by atoms with Crippen LogP contribution in [0.3, 0.4) is 0 Å². The predicted octanol–water partition coefficient (Wildman–Crippen LogP) is 3.15. The van der Waals surface area contributed by atoms with Crippen molar-refractivity contribution >= 4 is 5.91 Å². The molecule has 1 aromatic carbocycles. The van der Waals surface area contributed by atoms with E-state index in [9.17, 15) is 4.79 Å². The molecule has 0 saturated carbocycles. The molecule has 3 aromatic rings. The first-order valence-corrected chi connectivity index (χ1v) is 9.77. The molecule has 1 aliphatic rings. The molecule has 6 nitrogen and oxygen atoms in total. The Bertz CT molecular complexity index is 960. The normalized spacial score (nSPS) is 16.4. The average Bonchev–Trinajstić information content (AvgIpc) is 2.79. The molecule has 0 aliphatic carbocycles. The molecule has 0 bridgehead atoms. The zero-order chi connectivity index (χ0) is 20.1. The van der Waals surface area contributed by atoms with Crippen LogP contribution in [-0.4, -0.2) is 40.4 Å². The Balaban J connectivity index is 1.49. The van der Waals surface area contributed by atoms with Gasteiger partial charge in [-0.25, -0.2) is 0 Å². The number of rotatable bonds is 5. The molecule has 1 saturated heterocycles. The number of ether oxygens (including phenoxy) is 1. The second kappa shape index (κ2) is 8.84. The highest BCUT2D eigenvalue weighted by Crippen LogP contribution is 2.24. The molecule has 1 atom stereocenters. The Morgan fingerprint density at radius 1 is 1.21 bits per heavy atom. The molecule has 0 radical (unpaired) electrons. The maximum Gasteiger partial charge on any atom is 0.254 e. The van der Waals surface area contributed by atoms with Gasteiger partial charge in [0.1, 0.15) is 12.4 Å². The van der Waals surface area contributed by atoms with E-state index in [0.717, 1.165) is 29.9 Å². The van der Waals surface area contributed by atoms with E-state index in [-0.39, 0.29) is 11.9 Å². The number of carbonyl (C=O) groups excluding carboxylic acids is 1. The van der Waals surface area contributed by atoms with Gasteiger partial charge < -0.3 is 15.0 Å². The van der Waals surface area contributed by atoms with Crippen molar-refractivity contribution in [2.75, 3.05) is 19.6 Å². The van der Waals surface area contributed by atoms with Crippen molar-refractivity contribution in [2.45, 2.75) is 19.6 Å². The van der Waals surface area contributed by atoms with Gasteiger partial charge in [0.05, 0.1) is 12.2 Å². The summed E-state index contributed by atoms with van der Waals surface area (Å²) in [6.07, 6.45) is 5.29. The van der Waals surface area contributed by atoms with Gasteiger partial charge in [0.25, 0.3) is 5.91 Å². The fourth-order valence-corrected chi connectivity index (χ4v) is 3.48. The average molecular weight is 388 g/mol. The lowest BCUT2D eigenvalue weighted by molar-refractivity contribution is 0.0634. The molecule has 1 fully saturated rings. The van der Waals surface area contributed by atoms with Gasteiger partial charge >= 0.3 is 0 Å². The van der Waals surface area contributed by atoms with Crippen LogP contribution >= 0.6 is 0 Å². The number of benzene rings is 1. The van der Waals surface area contributed by atoms with Gasteiger partial charge in [0.2, 0.25) is 0 Å². The lowest BCUT2D eigenvalue weighted by atomic mass is 10.0. The number of carbonyl (C=O) groups is 1. The Labute approximate surface area is 170 Å². The second-order valence-corrected chi connectivity index (χ2v) is 7.13. The van der Waals surface area contributed by atoms with Gasteiger partial charge in [0, 0.05) is 43.3 Å². The number of amides is 1. The van der Waals surface area contributed by atoms with Crippen molar-refractivity contribution in [3.8, 4) is 5.75 Å². The SMILES string of the molecule is Cc1ccc(OCc2cccc(C(=O)N3CCNCC3c3cccnc3)c2)cn1. The van der Waals surface area contributed by atoms with Crippen LogP contribution < -0.4 is 10.1 Å². The standard InChI is InChI=1S/C23H24N4O2/c1-17-7-8-21(14-26-17)29-16-18-4-2-5-19(12-18)23(28)27-11-10-25-15-22(27)20-6-3-9-24-13-20/h2-9,12-14,22,25H,10-11,15-16H2,1H3. The van der Waals surface area contributed by atoms with Gasteiger partial charge in [-0.3, -0.25) is 14.8 Å². The van der Waals surface area contributed by atoms with Gasteiger partial charge in [0.15, 0.2) is 0 Å². The van der Waals surface area contributed by atoms with Crippen molar-refractivity contribution in [3.63, 3.8) is 0 Å². The van der Waals surface area contributed by atoms with Crippen molar-refractivity contribution in [3.05, 3.63) is 89.5 Å². The van der Waals surface area contributed by atoms with Crippen LogP contribution in [-0.2, 0) is 6.61 Å². The fourth-order valence-electron chi connectivity index (χ4n) is 3.48. The van der Waals surface area contributed by atoms with Crippen LogP contribution in [0.15, 0.2) is 67.1 Å². The maximum atomic E-state index is 13.3. The summed E-state index contributed by atoms with van der Waals surface area (Å²) in [6, 6.07) is 15.4. The van der Waals surface area contributed by atoms with Gasteiger partial charge in [-0.2, -0.15) is 0 Å². The largest absolute Gasteiger partial charge is 0.487 e. The van der Waals surface area contributed by atoms with Gasteiger partial charge in [-0.15, -0.1) is 0 Å². The zero-order valence-corrected chi connectivity index (χ0v) is 16.4. The molecule has 2 aromatic heterocycles. The van der Waals surface area contributed by atoms with Crippen LogP contribution in [0.25, 0.3) is 0 Å². The number of nitrogens with one attached hydrogen (secondary N) is 1. The Morgan fingerprint density at radius 3 is 2.93 bits per heavy atom. The van der Waals surface area contributed by atoms with Crippen molar-refractivity contribution < 1.29 is 9.53 Å². The molecule has 1 aliphatic heterocycles. The fraction of sp³-hybridized carbons (Fsp3) is 0.261. The second-order valence-electron chi connectivity index (χ2n) is 7.13. The van der Waals surface area contributed by atoms with Crippen LogP contribution in [0.2, 0.25) is 0 Å². The highest BCUT2D eigenvalue weighted by atomic mass is 16.5. The molecule has 29 heavy (non-hydrogen) atoms. The zero-order valence-electron chi connectivity index (χ0n) is 16.4. The summed E-state index contributed by atoms with van der Waals surface area (Å²) in [5.41, 5.74) is 3.61. The van der Waals surface area contributed by atoms with Gasteiger partial charge in [-0.1, -0.05) is 18.2 Å². The minimum absolute atomic E-state index is 0.0245. The van der Waals surface area contributed by atoms with Crippen molar-refractivity contribution in [1.82, 2.24) is 20.2 Å². The summed E-state index contributed by atoms with van der Waals surface area (Å²) < 4.78 is 5.81. The van der Waals surface area contributed by atoms with E-state index >= 15 is 0 Å². The molecule has 4 rings (SSSR count). The first-order chi connectivity index (χ1) is 14.2. The van der Waals surface area contributed by atoms with E-state index in [4.69, 9.17) is 4.74 Å². The van der Waals surface area contributed by atoms with E-state index in [0.29, 0.717) is 24.5 Å². The van der Waals surface area contributed by atoms with Crippen molar-refractivity contribution in [1.29, 1.82) is 0 Å². The third-order valence-corrected chi connectivity index (χ3v) is 5.04. The number of aryl methyl sites for hydroxylation is 1. The Kier molecular flexibility index (Phi) is 5.81. The highest BCUT2D eigenvalue weighted by molar-refractivity contribution is 5.94. The monoisotopic (exact) mass is 388 g/mol. The van der Waals surface area contributed by atoms with Gasteiger partial charge in [-0.05, 0) is 48.4 Å². The van der Waals surface area contributed by atoms with Crippen LogP contribution in [0, 0.1) is 6.92 Å². The van der Waals surface area contributed by atoms with Crippen LogP contribution in [0.1, 0.15) is 33.2 Å². The van der Waals surface area contributed by atoms with E-state index < -0.39 is 0 Å². The lowest BCUT2D eigenvalue weighted by Crippen LogP contribution is -2.48. The van der Waals surface area contributed by atoms with Crippen molar-refractivity contribution in [2.24, 2.45) is 0 Å². The van der Waals surface area contributed by atoms with E-state index in [1.54, 1.807) is 12.4 Å². The maximum absolute atomic E-state index is 13.3. The predicted molar refractivity (Wildman–Crippen MR) is 111 cm³/mol. The number of piperazine rings is 1. The third kappa shape index (κ3) is 4.60. The lowest BCUT2D eigenvalue weighted by Gasteiger charge is -2.36. The minimum Gasteiger partial charge on any atom is -0.487 e. The topological polar surface area (TPSA) is 67.3 Å². The molecule has 0 spiro atoms. The molecule has 1 amide bonds. The third-order valence-electron chi connectivity index (χ3n) is 5.04. The highest BCUT2D eigenvalue weighted by Gasteiger charge is 2.28. The van der Waals surface area contributed by atoms with E-state index in [1.165, 1.54) is 0 Å². The summed E-state index contributed by atoms with van der Waals surface area (Å²) in [6.45, 7) is 4.49. The Hall–Kier alpha value is -3.25. The number of aromatic nitrogens is 2. The van der Waals surface area contributed by atoms with Crippen LogP contribution in [0.5, 0.6) is 5.75 Å². The number of nitrogens with zero attached hydrogens (tertiary/aromatic N) is 3. The molecule has 1 N–H and O–H groups in total. The molecule has 148 valence electrons.